The highest BCUT2D eigenvalue weighted by atomic mass is 79.9. The van der Waals surface area contributed by atoms with Crippen LogP contribution in [0.2, 0.25) is 0 Å². The Morgan fingerprint density at radius 3 is 1.76 bits per heavy atom. The van der Waals surface area contributed by atoms with Crippen molar-refractivity contribution in [2.24, 2.45) is 0 Å². The zero-order chi connectivity index (χ0) is 12.9. The highest BCUT2D eigenvalue weighted by Crippen LogP contribution is 2.14. The Hall–Kier alpha value is -0.0500. The molecule has 1 N–H and O–H groups in total. The van der Waals surface area contributed by atoms with Crippen molar-refractivity contribution in [2.45, 2.75) is 82.4 Å². The molecule has 0 bridgehead atoms. The van der Waals surface area contributed by atoms with Gasteiger partial charge in [-0.25, -0.2) is 0 Å². The van der Waals surface area contributed by atoms with E-state index < -0.39 is 5.97 Å². The lowest BCUT2D eigenvalue weighted by atomic mass is 10.1. The molecule has 0 radical (unpaired) electrons. The van der Waals surface area contributed by atoms with Crippen molar-refractivity contribution in [1.82, 2.24) is 0 Å². The maximum atomic E-state index is 10.5. The van der Waals surface area contributed by atoms with Gasteiger partial charge in [0.05, 0.1) is 0 Å². The second-order valence-corrected chi connectivity index (χ2v) is 5.88. The second kappa shape index (κ2) is 12.4. The summed E-state index contributed by atoms with van der Waals surface area (Å²) in [5.41, 5.74) is 0. The second-order valence-electron chi connectivity index (χ2n) is 4.78. The lowest BCUT2D eigenvalue weighted by Gasteiger charge is -2.04. The van der Waals surface area contributed by atoms with Gasteiger partial charge in [-0.1, -0.05) is 87.1 Å². The van der Waals surface area contributed by atoms with Gasteiger partial charge in [0, 0.05) is 0 Å². The van der Waals surface area contributed by atoms with Crippen LogP contribution in [-0.2, 0) is 4.79 Å². The molecule has 0 saturated heterocycles. The SMILES string of the molecule is CCCCCCCCCCCC[C@H](Br)C(=O)O. The molecule has 0 spiro atoms. The Bertz CT molecular complexity index is 183. The molecule has 1 atom stereocenters. The maximum Gasteiger partial charge on any atom is 0.317 e. The van der Waals surface area contributed by atoms with Gasteiger partial charge in [-0.15, -0.1) is 0 Å². The highest BCUT2D eigenvalue weighted by molar-refractivity contribution is 9.10. The van der Waals surface area contributed by atoms with E-state index in [1.807, 2.05) is 0 Å². The molecule has 0 aliphatic heterocycles. The van der Waals surface area contributed by atoms with E-state index in [2.05, 4.69) is 22.9 Å². The van der Waals surface area contributed by atoms with E-state index in [0.717, 1.165) is 12.8 Å². The molecule has 2 nitrogen and oxygen atoms in total. The minimum absolute atomic E-state index is 0.350. The molecular weight excluding hydrogens is 280 g/mol. The number of carbonyl (C=O) groups is 1. The van der Waals surface area contributed by atoms with E-state index in [1.165, 1.54) is 57.8 Å². The molecule has 3 heteroatoms. The molecule has 102 valence electrons. The Balaban J connectivity index is 3.06. The van der Waals surface area contributed by atoms with Gasteiger partial charge < -0.3 is 5.11 Å². The summed E-state index contributed by atoms with van der Waals surface area (Å²) in [5, 5.41) is 8.68. The van der Waals surface area contributed by atoms with Crippen LogP contribution in [0.1, 0.15) is 77.6 Å². The standard InChI is InChI=1S/C14H27BrO2/c1-2-3-4-5-6-7-8-9-10-11-12-13(15)14(16)17/h13H,2-12H2,1H3,(H,16,17)/t13-/m0/s1. The highest BCUT2D eigenvalue weighted by Gasteiger charge is 2.11. The van der Waals surface area contributed by atoms with Crippen LogP contribution in [0.3, 0.4) is 0 Å². The van der Waals surface area contributed by atoms with Gasteiger partial charge in [-0.2, -0.15) is 0 Å². The first kappa shape index (κ1) is 16.9. The van der Waals surface area contributed by atoms with E-state index in [-0.39, 0.29) is 4.83 Å². The number of carboxylic acid groups (broad SMARTS) is 1. The molecule has 0 fully saturated rings. The number of halogens is 1. The van der Waals surface area contributed by atoms with Crippen molar-refractivity contribution < 1.29 is 9.90 Å². The third kappa shape index (κ3) is 12.2. The number of hydrogen-bond acceptors (Lipinski definition) is 1. The van der Waals surface area contributed by atoms with Crippen molar-refractivity contribution in [3.05, 3.63) is 0 Å². The molecule has 0 aliphatic rings. The van der Waals surface area contributed by atoms with Crippen LogP contribution in [-0.4, -0.2) is 15.9 Å². The van der Waals surface area contributed by atoms with Gasteiger partial charge in [0.2, 0.25) is 0 Å². The summed E-state index contributed by atoms with van der Waals surface area (Å²) >= 11 is 3.16. The van der Waals surface area contributed by atoms with Gasteiger partial charge >= 0.3 is 5.97 Å². The van der Waals surface area contributed by atoms with E-state index in [0.29, 0.717) is 0 Å². The smallest absolute Gasteiger partial charge is 0.317 e. The maximum absolute atomic E-state index is 10.5. The van der Waals surface area contributed by atoms with Gasteiger partial charge in [0.25, 0.3) is 0 Å². The zero-order valence-corrected chi connectivity index (χ0v) is 12.7. The average Bonchev–Trinajstić information content (AvgIpc) is 2.31. The predicted molar refractivity (Wildman–Crippen MR) is 76.8 cm³/mol. The molecule has 0 aromatic heterocycles. The molecule has 0 aromatic carbocycles. The molecule has 17 heavy (non-hydrogen) atoms. The van der Waals surface area contributed by atoms with E-state index in [1.54, 1.807) is 0 Å². The van der Waals surface area contributed by atoms with Crippen molar-refractivity contribution in [1.29, 1.82) is 0 Å². The lowest BCUT2D eigenvalue weighted by molar-refractivity contribution is -0.136. The molecule has 0 aromatic rings. The number of hydrogen-bond donors (Lipinski definition) is 1. The van der Waals surface area contributed by atoms with Gasteiger partial charge in [-0.3, -0.25) is 4.79 Å². The molecule has 0 amide bonds. The summed E-state index contributed by atoms with van der Waals surface area (Å²) in [5.74, 6) is -0.735. The molecule has 0 rings (SSSR count). The Kier molecular flexibility index (Phi) is 12.4. The topological polar surface area (TPSA) is 37.3 Å². The lowest BCUT2D eigenvalue weighted by Crippen LogP contribution is -2.11. The summed E-state index contributed by atoms with van der Waals surface area (Å²) < 4.78 is 0. The van der Waals surface area contributed by atoms with E-state index in [4.69, 9.17) is 5.11 Å². The third-order valence-electron chi connectivity index (χ3n) is 3.08. The van der Waals surface area contributed by atoms with Crippen molar-refractivity contribution in [3.8, 4) is 0 Å². The van der Waals surface area contributed by atoms with Crippen LogP contribution in [0, 0.1) is 0 Å². The van der Waals surface area contributed by atoms with Crippen LogP contribution in [0.25, 0.3) is 0 Å². The average molecular weight is 307 g/mol. The van der Waals surface area contributed by atoms with Crippen molar-refractivity contribution in [3.63, 3.8) is 0 Å². The number of alkyl halides is 1. The van der Waals surface area contributed by atoms with E-state index in [9.17, 15) is 4.79 Å². The predicted octanol–water partition coefficient (Wildman–Crippen LogP) is 5.15. The first-order valence-corrected chi connectivity index (χ1v) is 7.97. The minimum Gasteiger partial charge on any atom is -0.480 e. The summed E-state index contributed by atoms with van der Waals surface area (Å²) in [4.78, 5) is 10.2. The minimum atomic E-state index is -0.735. The normalized spacial score (nSPS) is 12.6. The number of aliphatic carboxylic acids is 1. The molecule has 0 unspecified atom stereocenters. The fourth-order valence-corrected chi connectivity index (χ4v) is 2.26. The summed E-state index contributed by atoms with van der Waals surface area (Å²) in [6.07, 6.45) is 13.7. The quantitative estimate of drug-likeness (QED) is 0.400. The van der Waals surface area contributed by atoms with E-state index >= 15 is 0 Å². The van der Waals surface area contributed by atoms with Gasteiger partial charge in [-0.05, 0) is 6.42 Å². The van der Waals surface area contributed by atoms with Crippen LogP contribution in [0.5, 0.6) is 0 Å². The number of rotatable bonds is 12. The Labute approximate surface area is 114 Å². The summed E-state index contributed by atoms with van der Waals surface area (Å²) in [6, 6.07) is 0. The zero-order valence-electron chi connectivity index (χ0n) is 11.1. The monoisotopic (exact) mass is 306 g/mol. The Morgan fingerprint density at radius 2 is 1.35 bits per heavy atom. The van der Waals surface area contributed by atoms with Gasteiger partial charge in [0.1, 0.15) is 4.83 Å². The fourth-order valence-electron chi connectivity index (χ4n) is 1.93. The van der Waals surface area contributed by atoms with Crippen molar-refractivity contribution in [2.75, 3.05) is 0 Å². The molecule has 0 heterocycles. The first-order valence-electron chi connectivity index (χ1n) is 7.05. The van der Waals surface area contributed by atoms with Crippen LogP contribution in [0.4, 0.5) is 0 Å². The number of unbranched alkanes of at least 4 members (excludes halogenated alkanes) is 9. The third-order valence-corrected chi connectivity index (χ3v) is 3.93. The first-order chi connectivity index (χ1) is 8.18. The van der Waals surface area contributed by atoms with Crippen LogP contribution < -0.4 is 0 Å². The summed E-state index contributed by atoms with van der Waals surface area (Å²) in [7, 11) is 0. The van der Waals surface area contributed by atoms with Crippen LogP contribution in [0.15, 0.2) is 0 Å². The van der Waals surface area contributed by atoms with Crippen LogP contribution >= 0.6 is 15.9 Å². The molecule has 0 saturated carbocycles. The molecule has 0 aliphatic carbocycles. The number of carboxylic acids is 1. The fraction of sp³-hybridized carbons (Fsp3) is 0.929. The largest absolute Gasteiger partial charge is 0.480 e. The van der Waals surface area contributed by atoms with Crippen molar-refractivity contribution >= 4 is 21.9 Å². The Morgan fingerprint density at radius 1 is 0.941 bits per heavy atom. The summed E-state index contributed by atoms with van der Waals surface area (Å²) in [6.45, 7) is 2.24. The molecular formula is C14H27BrO2. The van der Waals surface area contributed by atoms with Gasteiger partial charge in [0.15, 0.2) is 0 Å².